The Kier molecular flexibility index (Phi) is 4.46. The highest BCUT2D eigenvalue weighted by Crippen LogP contribution is 2.30. The summed E-state index contributed by atoms with van der Waals surface area (Å²) in [5, 5.41) is 13.2. The number of carboxylic acid groups (broad SMARTS) is 1. The van der Waals surface area contributed by atoms with Crippen molar-refractivity contribution in [3.63, 3.8) is 0 Å². The molecule has 1 heterocycles. The fraction of sp³-hybridized carbons (Fsp3) is 0.444. The summed E-state index contributed by atoms with van der Waals surface area (Å²) < 4.78 is 0. The van der Waals surface area contributed by atoms with Gasteiger partial charge in [0.15, 0.2) is 0 Å². The molecule has 6 nitrogen and oxygen atoms in total. The van der Waals surface area contributed by atoms with Crippen LogP contribution in [-0.4, -0.2) is 35.1 Å². The molecule has 24 heavy (non-hydrogen) atoms. The summed E-state index contributed by atoms with van der Waals surface area (Å²) in [6, 6.07) is 5.90. The number of fused-ring (bicyclic) bond motifs is 1. The lowest BCUT2D eigenvalue weighted by Gasteiger charge is -2.21. The van der Waals surface area contributed by atoms with E-state index in [1.165, 1.54) is 0 Å². The lowest BCUT2D eigenvalue weighted by molar-refractivity contribution is -0.122. The van der Waals surface area contributed by atoms with Crippen LogP contribution in [0.1, 0.15) is 42.7 Å². The summed E-state index contributed by atoms with van der Waals surface area (Å²) in [5.74, 6) is -0.887. The van der Waals surface area contributed by atoms with E-state index in [4.69, 9.17) is 0 Å². The molecule has 0 spiro atoms. The number of carbonyl (C=O) groups is 2. The number of aromatic nitrogens is 1. The van der Waals surface area contributed by atoms with Crippen molar-refractivity contribution in [2.45, 2.75) is 33.2 Å². The number of nitrogens with one attached hydrogen (secondary N) is 2. The first-order valence-electron chi connectivity index (χ1n) is 8.45. The number of H-pyrrole nitrogens is 1. The molecule has 0 radical (unpaired) electrons. The molecule has 1 saturated carbocycles. The lowest BCUT2D eigenvalue weighted by atomic mass is 10.1. The Morgan fingerprint density at radius 3 is 2.58 bits per heavy atom. The molecular formula is C18H23N3O3. The summed E-state index contributed by atoms with van der Waals surface area (Å²) in [6.45, 7) is 6.17. The number of benzene rings is 1. The van der Waals surface area contributed by atoms with Crippen molar-refractivity contribution >= 4 is 28.5 Å². The van der Waals surface area contributed by atoms with Gasteiger partial charge >= 0.3 is 5.97 Å². The summed E-state index contributed by atoms with van der Waals surface area (Å²) >= 11 is 0. The Bertz CT molecular complexity index is 773. The smallest absolute Gasteiger partial charge is 0.352 e. The maximum atomic E-state index is 11.9. The first kappa shape index (κ1) is 16.4. The quantitative estimate of drug-likeness (QED) is 0.729. The second-order valence-electron chi connectivity index (χ2n) is 6.18. The van der Waals surface area contributed by atoms with E-state index in [9.17, 15) is 14.7 Å². The van der Waals surface area contributed by atoms with E-state index < -0.39 is 5.97 Å². The van der Waals surface area contributed by atoms with E-state index in [1.54, 1.807) is 0 Å². The zero-order chi connectivity index (χ0) is 17.3. The molecule has 128 valence electrons. The number of carboxylic acids is 1. The number of hydrogen-bond donors (Lipinski definition) is 3. The maximum absolute atomic E-state index is 11.9. The predicted molar refractivity (Wildman–Crippen MR) is 93.4 cm³/mol. The van der Waals surface area contributed by atoms with Gasteiger partial charge in [-0.05, 0) is 44.9 Å². The molecule has 1 aromatic carbocycles. The highest BCUT2D eigenvalue weighted by Gasteiger charge is 2.29. The van der Waals surface area contributed by atoms with Crippen LogP contribution >= 0.6 is 0 Å². The van der Waals surface area contributed by atoms with Crippen LogP contribution in [0, 0.1) is 5.92 Å². The molecule has 0 atom stereocenters. The fourth-order valence-corrected chi connectivity index (χ4v) is 3.05. The summed E-state index contributed by atoms with van der Waals surface area (Å²) in [6.07, 6.45) is 1.86. The molecule has 3 N–H and O–H groups in total. The Balaban J connectivity index is 1.98. The summed E-state index contributed by atoms with van der Waals surface area (Å²) in [4.78, 5) is 28.6. The van der Waals surface area contributed by atoms with E-state index >= 15 is 0 Å². The van der Waals surface area contributed by atoms with E-state index in [1.807, 2.05) is 18.2 Å². The monoisotopic (exact) mass is 329 g/mol. The van der Waals surface area contributed by atoms with Gasteiger partial charge in [0, 0.05) is 47.7 Å². The van der Waals surface area contributed by atoms with Crippen LogP contribution in [0.15, 0.2) is 18.2 Å². The SMILES string of the molecule is CCN(CC)c1ccc2[nH]c(C(=O)O)c(CNC(=O)C3CC3)c2c1. The number of aromatic carboxylic acids is 1. The fourth-order valence-electron chi connectivity index (χ4n) is 3.05. The topological polar surface area (TPSA) is 85.4 Å². The van der Waals surface area contributed by atoms with Crippen molar-refractivity contribution in [2.24, 2.45) is 5.92 Å². The van der Waals surface area contributed by atoms with Gasteiger partial charge in [0.05, 0.1) is 0 Å². The Labute approximate surface area is 140 Å². The Hall–Kier alpha value is -2.50. The molecule has 1 aliphatic carbocycles. The van der Waals surface area contributed by atoms with E-state index in [0.29, 0.717) is 5.56 Å². The van der Waals surface area contributed by atoms with Crippen molar-refractivity contribution in [3.05, 3.63) is 29.5 Å². The highest BCUT2D eigenvalue weighted by molar-refractivity contribution is 5.98. The zero-order valence-corrected chi connectivity index (χ0v) is 14.1. The van der Waals surface area contributed by atoms with Gasteiger partial charge in [-0.15, -0.1) is 0 Å². The molecule has 3 rings (SSSR count). The van der Waals surface area contributed by atoms with Gasteiger partial charge < -0.3 is 20.3 Å². The Morgan fingerprint density at radius 2 is 2.00 bits per heavy atom. The zero-order valence-electron chi connectivity index (χ0n) is 14.1. The predicted octanol–water partition coefficient (Wildman–Crippen LogP) is 2.74. The minimum atomic E-state index is -1.01. The third kappa shape index (κ3) is 3.09. The van der Waals surface area contributed by atoms with Crippen LogP contribution < -0.4 is 10.2 Å². The number of anilines is 1. The van der Waals surface area contributed by atoms with Crippen LogP contribution in [0.25, 0.3) is 10.9 Å². The molecule has 0 saturated heterocycles. The van der Waals surface area contributed by atoms with Gasteiger partial charge in [0.2, 0.25) is 5.91 Å². The molecule has 1 fully saturated rings. The minimum absolute atomic E-state index is 0.0144. The van der Waals surface area contributed by atoms with Crippen LogP contribution in [0.3, 0.4) is 0 Å². The van der Waals surface area contributed by atoms with Crippen LogP contribution in [0.5, 0.6) is 0 Å². The van der Waals surface area contributed by atoms with Gasteiger partial charge in [-0.3, -0.25) is 4.79 Å². The second kappa shape index (κ2) is 6.55. The molecule has 1 aromatic heterocycles. The third-order valence-corrected chi connectivity index (χ3v) is 4.62. The number of carbonyl (C=O) groups excluding carboxylic acids is 1. The molecule has 2 aromatic rings. The van der Waals surface area contributed by atoms with Gasteiger partial charge in [0.25, 0.3) is 0 Å². The first-order chi connectivity index (χ1) is 11.5. The summed E-state index contributed by atoms with van der Waals surface area (Å²) in [5.41, 5.74) is 2.62. The number of amides is 1. The van der Waals surface area contributed by atoms with Gasteiger partial charge in [-0.2, -0.15) is 0 Å². The maximum Gasteiger partial charge on any atom is 0.352 e. The third-order valence-electron chi connectivity index (χ3n) is 4.62. The Morgan fingerprint density at radius 1 is 1.29 bits per heavy atom. The lowest BCUT2D eigenvalue weighted by Crippen LogP contribution is -2.25. The molecule has 1 amide bonds. The largest absolute Gasteiger partial charge is 0.477 e. The van der Waals surface area contributed by atoms with E-state index in [-0.39, 0.29) is 24.1 Å². The molecule has 1 aliphatic rings. The number of nitrogens with zero attached hydrogens (tertiary/aromatic N) is 1. The standard InChI is InChI=1S/C18H23N3O3/c1-3-21(4-2)12-7-8-15-13(9-12)14(16(20-15)18(23)24)10-19-17(22)11-5-6-11/h7-9,11,20H,3-6,10H2,1-2H3,(H,19,22)(H,23,24). The molecule has 0 unspecified atom stereocenters. The van der Waals surface area contributed by atoms with Crippen molar-refractivity contribution in [2.75, 3.05) is 18.0 Å². The number of hydrogen-bond acceptors (Lipinski definition) is 3. The van der Waals surface area contributed by atoms with Gasteiger partial charge in [0.1, 0.15) is 5.69 Å². The van der Waals surface area contributed by atoms with Crippen LogP contribution in [0.2, 0.25) is 0 Å². The van der Waals surface area contributed by atoms with Gasteiger partial charge in [-0.25, -0.2) is 4.79 Å². The minimum Gasteiger partial charge on any atom is -0.477 e. The van der Waals surface area contributed by atoms with Crippen molar-refractivity contribution in [1.29, 1.82) is 0 Å². The van der Waals surface area contributed by atoms with Gasteiger partial charge in [-0.1, -0.05) is 0 Å². The van der Waals surface area contributed by atoms with Crippen molar-refractivity contribution in [3.8, 4) is 0 Å². The van der Waals surface area contributed by atoms with Crippen molar-refractivity contribution < 1.29 is 14.7 Å². The second-order valence-corrected chi connectivity index (χ2v) is 6.18. The average Bonchev–Trinajstić information content (AvgIpc) is 3.35. The first-order valence-corrected chi connectivity index (χ1v) is 8.45. The normalized spacial score (nSPS) is 13.9. The average molecular weight is 329 g/mol. The van der Waals surface area contributed by atoms with E-state index in [2.05, 4.69) is 29.0 Å². The highest BCUT2D eigenvalue weighted by atomic mass is 16.4. The van der Waals surface area contributed by atoms with Crippen molar-refractivity contribution in [1.82, 2.24) is 10.3 Å². The molecular weight excluding hydrogens is 306 g/mol. The molecule has 6 heteroatoms. The van der Waals surface area contributed by atoms with E-state index in [0.717, 1.165) is 42.5 Å². The number of rotatable bonds is 7. The number of aromatic amines is 1. The van der Waals surface area contributed by atoms with Crippen LogP contribution in [0.4, 0.5) is 5.69 Å². The molecule has 0 bridgehead atoms. The molecule has 0 aliphatic heterocycles. The van der Waals surface area contributed by atoms with Crippen LogP contribution in [-0.2, 0) is 11.3 Å². The summed E-state index contributed by atoms with van der Waals surface area (Å²) in [7, 11) is 0.